The first-order valence-corrected chi connectivity index (χ1v) is 20.3. The molecule has 1 aliphatic carbocycles. The van der Waals surface area contributed by atoms with Gasteiger partial charge in [-0.15, -0.1) is 11.8 Å². The maximum Gasteiger partial charge on any atom is 0.120 e. The Bertz CT molecular complexity index is 1870. The monoisotopic (exact) mass is 697 g/mol. The molecule has 2 heterocycles. The standard InChI is InChI=1S/C43H55NO3S2/c1-7-9-10-11-12-13-14-15-21-44-36-18-16-17-28-22-30(47-6)25-33(40(28)36)37(44)27-35-41(45)34(42(35)46)23-29-24-39(43(3,4)5)49-38-20-19-31(48-8-2)26-32(29)38/h16-20,22-27,34-35,41-42,45-46H,7-15,21H2,1-6H3/b29-23+,37-27-. The lowest BCUT2D eigenvalue weighted by Crippen LogP contribution is -2.54. The summed E-state index contributed by atoms with van der Waals surface area (Å²) in [6.45, 7) is 12.1. The number of benzene rings is 3. The number of fused-ring (bicyclic) bond motifs is 1. The second kappa shape index (κ2) is 15.7. The van der Waals surface area contributed by atoms with Crippen LogP contribution in [-0.4, -0.2) is 39.9 Å². The SMILES string of the molecule is CCCCCCCCCCn1/c(=C\C2C(O)C(/C=C3\C=C(C(C)(C)C)Sc4ccc(SCC)cc43)C2O)c2cc(OC)cc3cccc1c32. The van der Waals surface area contributed by atoms with Gasteiger partial charge in [-0.25, -0.2) is 0 Å². The third-order valence-electron chi connectivity index (χ3n) is 10.4. The molecule has 1 aliphatic heterocycles. The van der Waals surface area contributed by atoms with Gasteiger partial charge in [0.1, 0.15) is 5.75 Å². The predicted octanol–water partition coefficient (Wildman–Crippen LogP) is 10.6. The zero-order valence-electron chi connectivity index (χ0n) is 30.3. The lowest BCUT2D eigenvalue weighted by molar-refractivity contribution is -0.103. The van der Waals surface area contributed by atoms with Crippen molar-refractivity contribution in [1.82, 2.24) is 4.57 Å². The van der Waals surface area contributed by atoms with E-state index in [0.29, 0.717) is 0 Å². The fourth-order valence-electron chi connectivity index (χ4n) is 7.54. The number of thioether (sulfide) groups is 2. The van der Waals surface area contributed by atoms with Crippen LogP contribution in [0.1, 0.15) is 91.5 Å². The van der Waals surface area contributed by atoms with Gasteiger partial charge < -0.3 is 19.5 Å². The molecule has 6 rings (SSSR count). The Morgan fingerprint density at radius 3 is 2.29 bits per heavy atom. The van der Waals surface area contributed by atoms with Gasteiger partial charge in [-0.05, 0) is 81.5 Å². The van der Waals surface area contributed by atoms with Gasteiger partial charge >= 0.3 is 0 Å². The summed E-state index contributed by atoms with van der Waals surface area (Å²) in [5, 5.41) is 28.1. The molecule has 0 spiro atoms. The highest BCUT2D eigenvalue weighted by Crippen LogP contribution is 2.49. The smallest absolute Gasteiger partial charge is 0.120 e. The van der Waals surface area contributed by atoms with Gasteiger partial charge in [0.15, 0.2) is 0 Å². The van der Waals surface area contributed by atoms with Gasteiger partial charge in [-0.1, -0.05) is 116 Å². The highest BCUT2D eigenvalue weighted by atomic mass is 32.2. The van der Waals surface area contributed by atoms with Crippen LogP contribution in [0.15, 0.2) is 75.4 Å². The first-order chi connectivity index (χ1) is 23.6. The number of aryl methyl sites for hydroxylation is 1. The molecule has 1 aromatic heterocycles. The van der Waals surface area contributed by atoms with Crippen LogP contribution in [0.2, 0.25) is 0 Å². The minimum absolute atomic E-state index is 0.000150. The Labute approximate surface area is 302 Å². The van der Waals surface area contributed by atoms with Crippen LogP contribution in [0.5, 0.6) is 5.75 Å². The van der Waals surface area contributed by atoms with E-state index in [9.17, 15) is 10.2 Å². The fraction of sp³-hybridized carbons (Fsp3) is 0.488. The van der Waals surface area contributed by atoms with Crippen molar-refractivity contribution in [3.63, 3.8) is 0 Å². The number of ether oxygens (including phenoxy) is 1. The van der Waals surface area contributed by atoms with E-state index < -0.39 is 12.2 Å². The second-order valence-electron chi connectivity index (χ2n) is 14.9. The van der Waals surface area contributed by atoms with E-state index in [0.717, 1.165) is 46.2 Å². The molecule has 0 bridgehead atoms. The molecule has 0 amide bonds. The largest absolute Gasteiger partial charge is 0.497 e. The zero-order chi connectivity index (χ0) is 34.7. The summed E-state index contributed by atoms with van der Waals surface area (Å²) in [6, 6.07) is 17.5. The lowest BCUT2D eigenvalue weighted by Gasteiger charge is -2.44. The Kier molecular flexibility index (Phi) is 11.6. The molecule has 2 aliphatic rings. The molecule has 2 unspecified atom stereocenters. The Balaban J connectivity index is 1.33. The molecule has 2 atom stereocenters. The van der Waals surface area contributed by atoms with Gasteiger partial charge in [-0.2, -0.15) is 0 Å². The van der Waals surface area contributed by atoms with Gasteiger partial charge in [0.2, 0.25) is 0 Å². The molecule has 0 radical (unpaired) electrons. The molecule has 2 N–H and O–H groups in total. The number of hydrogen-bond acceptors (Lipinski definition) is 5. The summed E-state index contributed by atoms with van der Waals surface area (Å²) in [4.78, 5) is 3.79. The molecular formula is C43H55NO3S2. The van der Waals surface area contributed by atoms with Crippen LogP contribution in [0.3, 0.4) is 0 Å². The molecule has 4 nitrogen and oxygen atoms in total. The summed E-state index contributed by atoms with van der Waals surface area (Å²) in [5.74, 6) is 1.14. The third kappa shape index (κ3) is 7.68. The maximum absolute atomic E-state index is 11.8. The van der Waals surface area contributed by atoms with Crippen LogP contribution in [0.25, 0.3) is 33.3 Å². The summed E-state index contributed by atoms with van der Waals surface area (Å²) in [6.07, 6.45) is 15.4. The molecule has 49 heavy (non-hydrogen) atoms. The van der Waals surface area contributed by atoms with Gasteiger partial charge in [-0.3, -0.25) is 0 Å². The molecule has 3 aromatic carbocycles. The minimum atomic E-state index is -0.678. The van der Waals surface area contributed by atoms with Gasteiger partial charge in [0, 0.05) is 49.8 Å². The summed E-state index contributed by atoms with van der Waals surface area (Å²) < 4.78 is 8.17. The quantitative estimate of drug-likeness (QED) is 0.101. The maximum atomic E-state index is 11.8. The predicted molar refractivity (Wildman–Crippen MR) is 211 cm³/mol. The van der Waals surface area contributed by atoms with E-state index in [4.69, 9.17) is 4.74 Å². The van der Waals surface area contributed by atoms with Gasteiger partial charge in [0.05, 0.1) is 19.3 Å². The minimum Gasteiger partial charge on any atom is -0.497 e. The number of aromatic nitrogens is 1. The van der Waals surface area contributed by atoms with E-state index in [1.54, 1.807) is 7.11 Å². The molecule has 4 aromatic rings. The average Bonchev–Trinajstić information content (AvgIpc) is 3.39. The number of hydrogen-bond donors (Lipinski definition) is 2. The van der Waals surface area contributed by atoms with Gasteiger partial charge in [0.25, 0.3) is 0 Å². The van der Waals surface area contributed by atoms with Crippen LogP contribution in [-0.2, 0) is 6.54 Å². The van der Waals surface area contributed by atoms with E-state index in [-0.39, 0.29) is 17.3 Å². The summed E-state index contributed by atoms with van der Waals surface area (Å²) in [7, 11) is 1.72. The van der Waals surface area contributed by atoms with E-state index in [1.165, 1.54) is 76.1 Å². The number of rotatable bonds is 14. The molecule has 262 valence electrons. The highest BCUT2D eigenvalue weighted by Gasteiger charge is 2.47. The Morgan fingerprint density at radius 1 is 0.878 bits per heavy atom. The number of unbranched alkanes of at least 4 members (excludes halogenated alkanes) is 7. The Hall–Kier alpha value is -2.64. The molecule has 1 saturated carbocycles. The van der Waals surface area contributed by atoms with Crippen LogP contribution in [0.4, 0.5) is 0 Å². The average molecular weight is 698 g/mol. The topological polar surface area (TPSA) is 54.6 Å². The van der Waals surface area contributed by atoms with Crippen molar-refractivity contribution in [2.75, 3.05) is 12.9 Å². The summed E-state index contributed by atoms with van der Waals surface area (Å²) in [5.41, 5.74) is 3.51. The number of aliphatic hydroxyl groups excluding tert-OH is 2. The van der Waals surface area contributed by atoms with Crippen molar-refractivity contribution >= 4 is 56.8 Å². The third-order valence-corrected chi connectivity index (χ3v) is 12.8. The van der Waals surface area contributed by atoms with Crippen LogP contribution in [0, 0.1) is 17.3 Å². The normalized spacial score (nSPS) is 22.2. The van der Waals surface area contributed by atoms with E-state index in [2.05, 4.69) is 106 Å². The fourth-order valence-corrected chi connectivity index (χ4v) is 9.39. The molecule has 1 fully saturated rings. The van der Waals surface area contributed by atoms with Crippen molar-refractivity contribution in [2.24, 2.45) is 17.3 Å². The van der Waals surface area contributed by atoms with Crippen molar-refractivity contribution in [3.05, 3.63) is 76.5 Å². The second-order valence-corrected chi connectivity index (χ2v) is 17.4. The number of aliphatic hydroxyl groups is 2. The Morgan fingerprint density at radius 2 is 1.59 bits per heavy atom. The zero-order valence-corrected chi connectivity index (χ0v) is 31.9. The van der Waals surface area contributed by atoms with Crippen molar-refractivity contribution < 1.29 is 14.9 Å². The van der Waals surface area contributed by atoms with Crippen LogP contribution < -0.4 is 10.1 Å². The first-order valence-electron chi connectivity index (χ1n) is 18.5. The molecule has 0 saturated heterocycles. The van der Waals surface area contributed by atoms with E-state index in [1.807, 2.05) is 23.5 Å². The van der Waals surface area contributed by atoms with Crippen molar-refractivity contribution in [1.29, 1.82) is 0 Å². The number of nitrogens with zero attached hydrogens (tertiary/aromatic N) is 1. The van der Waals surface area contributed by atoms with E-state index >= 15 is 0 Å². The van der Waals surface area contributed by atoms with Crippen molar-refractivity contribution in [3.8, 4) is 5.75 Å². The van der Waals surface area contributed by atoms with Crippen LogP contribution >= 0.6 is 23.5 Å². The number of allylic oxidation sites excluding steroid dienone is 3. The molecular weight excluding hydrogens is 643 g/mol. The number of methoxy groups -OCH3 is 1. The lowest BCUT2D eigenvalue weighted by atomic mass is 9.67. The molecule has 6 heteroatoms. The first kappa shape index (κ1) is 36.2. The summed E-state index contributed by atoms with van der Waals surface area (Å²) >= 11 is 3.68. The highest BCUT2D eigenvalue weighted by molar-refractivity contribution is 8.03. The van der Waals surface area contributed by atoms with Crippen molar-refractivity contribution in [2.45, 2.75) is 115 Å².